The smallest absolute Gasteiger partial charge is 0.316 e. The molecule has 28 heavy (non-hydrogen) atoms. The number of Topliss-reactive ketones (excluding diaryl/α,β-unsaturated/α-hetero) is 1. The highest BCUT2D eigenvalue weighted by Crippen LogP contribution is 2.62. The van der Waals surface area contributed by atoms with Gasteiger partial charge in [0.25, 0.3) is 0 Å². The number of benzene rings is 1. The lowest BCUT2D eigenvalue weighted by molar-refractivity contribution is -0.193. The van der Waals surface area contributed by atoms with Crippen LogP contribution in [0.4, 0.5) is 5.69 Å². The second-order valence-electron chi connectivity index (χ2n) is 8.90. The number of fused-ring (bicyclic) bond motifs is 2. The van der Waals surface area contributed by atoms with Gasteiger partial charge in [-0.25, -0.2) is 0 Å². The highest BCUT2D eigenvalue weighted by Gasteiger charge is 2.74. The lowest BCUT2D eigenvalue weighted by Crippen LogP contribution is -2.79. The largest absolute Gasteiger partial charge is 0.497 e. The molecular formula is C22H28N2O4. The van der Waals surface area contributed by atoms with Crippen LogP contribution in [-0.2, 0) is 9.53 Å². The molecule has 1 N–H and O–H groups in total. The zero-order valence-corrected chi connectivity index (χ0v) is 16.8. The fraction of sp³-hybridized carbons (Fsp3) is 0.636. The fourth-order valence-electron chi connectivity index (χ4n) is 6.91. The molecule has 1 spiro atoms. The van der Waals surface area contributed by atoms with Crippen molar-refractivity contribution in [3.8, 4) is 5.75 Å². The minimum Gasteiger partial charge on any atom is -0.497 e. The van der Waals surface area contributed by atoms with Crippen LogP contribution < -0.4 is 10.1 Å². The Morgan fingerprint density at radius 3 is 2.89 bits per heavy atom. The zero-order chi connectivity index (χ0) is 19.7. The second-order valence-corrected chi connectivity index (χ2v) is 8.90. The van der Waals surface area contributed by atoms with Crippen molar-refractivity contribution in [2.75, 3.05) is 32.6 Å². The minimum absolute atomic E-state index is 0.0221. The van der Waals surface area contributed by atoms with Crippen molar-refractivity contribution in [2.24, 2.45) is 17.3 Å². The van der Waals surface area contributed by atoms with Crippen LogP contribution in [0.15, 0.2) is 18.2 Å². The van der Waals surface area contributed by atoms with Crippen LogP contribution >= 0.6 is 0 Å². The predicted octanol–water partition coefficient (Wildman–Crippen LogP) is 2.73. The number of nitrogens with one attached hydrogen (secondary N) is 1. The SMILES string of the molecule is CC[C@@H]1C[C@@H]2CN3CC[C@@]4(Nc5ccc(OC)cc5C4=O)[C@@](C(=O)OC)(C2)[C@@H]13. The quantitative estimate of drug-likeness (QED) is 0.809. The van der Waals surface area contributed by atoms with Crippen molar-refractivity contribution in [1.29, 1.82) is 0 Å². The molecule has 1 aromatic rings. The van der Waals surface area contributed by atoms with E-state index in [1.807, 2.05) is 12.1 Å². The first-order valence-corrected chi connectivity index (χ1v) is 10.3. The van der Waals surface area contributed by atoms with Gasteiger partial charge in [0.15, 0.2) is 5.78 Å². The molecule has 1 unspecified atom stereocenters. The molecule has 1 aliphatic carbocycles. The summed E-state index contributed by atoms with van der Waals surface area (Å²) >= 11 is 0. The molecule has 0 amide bonds. The lowest BCUT2D eigenvalue weighted by atomic mass is 9.47. The van der Waals surface area contributed by atoms with Crippen molar-refractivity contribution >= 4 is 17.4 Å². The van der Waals surface area contributed by atoms with Crippen LogP contribution in [0.5, 0.6) is 5.75 Å². The molecule has 1 saturated carbocycles. The van der Waals surface area contributed by atoms with Gasteiger partial charge in [-0.2, -0.15) is 0 Å². The highest BCUT2D eigenvalue weighted by molar-refractivity contribution is 6.16. The van der Waals surface area contributed by atoms with Gasteiger partial charge in [0.05, 0.1) is 14.2 Å². The Kier molecular flexibility index (Phi) is 3.83. The molecule has 0 radical (unpaired) electrons. The Hall–Kier alpha value is -2.08. The number of ether oxygens (including phenoxy) is 2. The van der Waals surface area contributed by atoms with Gasteiger partial charge in [-0.15, -0.1) is 0 Å². The molecule has 6 rings (SSSR count). The van der Waals surface area contributed by atoms with Crippen molar-refractivity contribution in [2.45, 2.75) is 44.2 Å². The summed E-state index contributed by atoms with van der Waals surface area (Å²) in [7, 11) is 3.06. The van der Waals surface area contributed by atoms with E-state index < -0.39 is 11.0 Å². The zero-order valence-electron chi connectivity index (χ0n) is 16.8. The fourth-order valence-corrected chi connectivity index (χ4v) is 6.91. The van der Waals surface area contributed by atoms with Crippen LogP contribution in [0, 0.1) is 17.3 Å². The Labute approximate surface area is 165 Å². The maximum Gasteiger partial charge on any atom is 0.316 e. The molecule has 4 heterocycles. The van der Waals surface area contributed by atoms with E-state index >= 15 is 0 Å². The minimum atomic E-state index is -0.928. The molecule has 150 valence electrons. The van der Waals surface area contributed by atoms with Gasteiger partial charge in [-0.1, -0.05) is 13.3 Å². The van der Waals surface area contributed by atoms with E-state index in [0.717, 1.165) is 38.0 Å². The van der Waals surface area contributed by atoms with Crippen LogP contribution in [0.2, 0.25) is 0 Å². The number of carbonyl (C=O) groups excluding carboxylic acids is 2. The van der Waals surface area contributed by atoms with Crippen molar-refractivity contribution in [3.63, 3.8) is 0 Å². The summed E-state index contributed by atoms with van der Waals surface area (Å²) in [6, 6.07) is 5.61. The lowest BCUT2D eigenvalue weighted by Gasteiger charge is -2.66. The number of nitrogens with zero attached hydrogens (tertiary/aromatic N) is 1. The number of esters is 1. The summed E-state index contributed by atoms with van der Waals surface area (Å²) in [6.45, 7) is 4.06. The van der Waals surface area contributed by atoms with E-state index in [1.165, 1.54) is 7.11 Å². The maximum absolute atomic E-state index is 13.9. The maximum atomic E-state index is 13.9. The molecule has 6 atom stereocenters. The molecule has 0 aromatic heterocycles. The van der Waals surface area contributed by atoms with Gasteiger partial charge in [0.2, 0.25) is 0 Å². The van der Waals surface area contributed by atoms with Gasteiger partial charge in [-0.3, -0.25) is 14.5 Å². The first-order chi connectivity index (χ1) is 13.5. The number of rotatable bonds is 3. The first-order valence-electron chi connectivity index (χ1n) is 10.3. The third-order valence-electron chi connectivity index (χ3n) is 7.90. The topological polar surface area (TPSA) is 67.9 Å². The van der Waals surface area contributed by atoms with Gasteiger partial charge < -0.3 is 14.8 Å². The van der Waals surface area contributed by atoms with E-state index in [2.05, 4.69) is 17.1 Å². The molecular weight excluding hydrogens is 356 g/mol. The van der Waals surface area contributed by atoms with E-state index in [9.17, 15) is 9.59 Å². The summed E-state index contributed by atoms with van der Waals surface area (Å²) in [5, 5.41) is 3.56. The summed E-state index contributed by atoms with van der Waals surface area (Å²) in [6.07, 6.45) is 3.50. The number of anilines is 1. The normalized spacial score (nSPS) is 40.2. The van der Waals surface area contributed by atoms with Gasteiger partial charge in [-0.05, 0) is 49.3 Å². The summed E-state index contributed by atoms with van der Waals surface area (Å²) in [5.41, 5.74) is -0.337. The number of methoxy groups -OCH3 is 2. The third kappa shape index (κ3) is 1.97. The number of ketones is 1. The Morgan fingerprint density at radius 1 is 1.36 bits per heavy atom. The molecule has 3 saturated heterocycles. The summed E-state index contributed by atoms with van der Waals surface area (Å²) in [5.74, 6) is 1.29. The molecule has 4 aliphatic heterocycles. The van der Waals surface area contributed by atoms with Crippen LogP contribution in [0.1, 0.15) is 43.0 Å². The van der Waals surface area contributed by atoms with E-state index in [-0.39, 0.29) is 17.8 Å². The average molecular weight is 384 g/mol. The Morgan fingerprint density at radius 2 is 2.18 bits per heavy atom. The number of piperidine rings is 3. The molecule has 4 bridgehead atoms. The van der Waals surface area contributed by atoms with Crippen molar-refractivity contribution in [1.82, 2.24) is 4.90 Å². The number of hydrogen-bond acceptors (Lipinski definition) is 6. The van der Waals surface area contributed by atoms with Crippen molar-refractivity contribution in [3.05, 3.63) is 23.8 Å². The third-order valence-corrected chi connectivity index (χ3v) is 7.90. The van der Waals surface area contributed by atoms with E-state index in [0.29, 0.717) is 29.6 Å². The summed E-state index contributed by atoms with van der Waals surface area (Å²) in [4.78, 5) is 29.8. The molecule has 5 aliphatic rings. The van der Waals surface area contributed by atoms with Crippen LogP contribution in [0.3, 0.4) is 0 Å². The number of carbonyl (C=O) groups is 2. The van der Waals surface area contributed by atoms with Crippen molar-refractivity contribution < 1.29 is 19.1 Å². The highest BCUT2D eigenvalue weighted by atomic mass is 16.5. The molecule has 1 aromatic carbocycles. The molecule has 4 fully saturated rings. The number of hydrogen-bond donors (Lipinski definition) is 1. The average Bonchev–Trinajstić information content (AvgIpc) is 3.02. The van der Waals surface area contributed by atoms with Gasteiger partial charge in [0, 0.05) is 30.4 Å². The second kappa shape index (κ2) is 5.96. The molecule has 6 heteroatoms. The van der Waals surface area contributed by atoms with Gasteiger partial charge in [0.1, 0.15) is 16.7 Å². The van der Waals surface area contributed by atoms with E-state index in [1.54, 1.807) is 13.2 Å². The van der Waals surface area contributed by atoms with E-state index in [4.69, 9.17) is 9.47 Å². The van der Waals surface area contributed by atoms with Gasteiger partial charge >= 0.3 is 5.97 Å². The monoisotopic (exact) mass is 384 g/mol. The predicted molar refractivity (Wildman–Crippen MR) is 105 cm³/mol. The molecule has 6 nitrogen and oxygen atoms in total. The Balaban J connectivity index is 1.69. The summed E-state index contributed by atoms with van der Waals surface area (Å²) < 4.78 is 10.8. The van der Waals surface area contributed by atoms with Crippen LogP contribution in [0.25, 0.3) is 0 Å². The van der Waals surface area contributed by atoms with Crippen LogP contribution in [-0.4, -0.2) is 55.5 Å². The first kappa shape index (κ1) is 18.0. The standard InChI is InChI=1S/C22H28N2O4/c1-4-14-9-13-11-21(20(26)28-3)18(14)24(12-13)8-7-22(21)19(25)16-10-15(27-2)5-6-17(16)23-22/h5-6,10,13-14,18,23H,4,7-9,11-12H2,1-3H3/t13-,14+,18+,21-,22-/m0/s1. The Bertz CT molecular complexity index is 847.